The zero-order chi connectivity index (χ0) is 21.3. The number of primary amides is 1. The fourth-order valence-electron chi connectivity index (χ4n) is 2.77. The van der Waals surface area contributed by atoms with E-state index in [9.17, 15) is 9.59 Å². The van der Waals surface area contributed by atoms with Crippen LogP contribution in [0.4, 0.5) is 0 Å². The van der Waals surface area contributed by atoms with Gasteiger partial charge in [-0.15, -0.1) is 0 Å². The van der Waals surface area contributed by atoms with Crippen molar-refractivity contribution in [3.8, 4) is 11.8 Å². The van der Waals surface area contributed by atoms with Gasteiger partial charge in [0.1, 0.15) is 18.1 Å². The lowest BCUT2D eigenvalue weighted by atomic mass is 10.1. The Morgan fingerprint density at radius 3 is 2.60 bits per heavy atom. The minimum Gasteiger partial charge on any atom is -0.489 e. The zero-order valence-electron chi connectivity index (χ0n) is 16.2. The van der Waals surface area contributed by atoms with E-state index in [1.54, 1.807) is 36.4 Å². The highest BCUT2D eigenvalue weighted by Gasteiger charge is 2.06. The maximum Gasteiger partial charge on any atom is 0.267 e. The molecule has 7 heteroatoms. The van der Waals surface area contributed by atoms with Crippen molar-refractivity contribution < 1.29 is 14.3 Å². The lowest BCUT2D eigenvalue weighted by Crippen LogP contribution is -2.25. The summed E-state index contributed by atoms with van der Waals surface area (Å²) in [6.07, 6.45) is 2.16. The lowest BCUT2D eigenvalue weighted by Gasteiger charge is -2.09. The molecule has 0 fully saturated rings. The summed E-state index contributed by atoms with van der Waals surface area (Å²) in [6, 6.07) is 19.5. The number of hydrogen-bond acceptors (Lipinski definition) is 5. The third-order valence-corrected chi connectivity index (χ3v) is 4.36. The summed E-state index contributed by atoms with van der Waals surface area (Å²) in [5.41, 5.74) is 8.27. The Balaban J connectivity index is 1.51. The maximum absolute atomic E-state index is 12.2. The third kappa shape index (κ3) is 5.66. The molecule has 0 aliphatic heterocycles. The van der Waals surface area contributed by atoms with E-state index in [4.69, 9.17) is 15.7 Å². The predicted octanol–water partition coefficient (Wildman–Crippen LogP) is 2.60. The minimum absolute atomic E-state index is 0.185. The Morgan fingerprint density at radius 2 is 1.87 bits per heavy atom. The van der Waals surface area contributed by atoms with Gasteiger partial charge in [0, 0.05) is 18.3 Å². The molecule has 0 saturated heterocycles. The number of nitrogens with one attached hydrogen (secondary N) is 1. The van der Waals surface area contributed by atoms with Crippen LogP contribution in [0.1, 0.15) is 37.5 Å². The first-order valence-electron chi connectivity index (χ1n) is 9.30. The Bertz CT molecular complexity index is 1090. The van der Waals surface area contributed by atoms with E-state index in [0.717, 1.165) is 11.1 Å². The third-order valence-electron chi connectivity index (χ3n) is 4.36. The second kappa shape index (κ2) is 9.85. The molecular formula is C23H20N4O3. The highest BCUT2D eigenvalue weighted by atomic mass is 16.5. The van der Waals surface area contributed by atoms with Crippen molar-refractivity contribution >= 4 is 11.8 Å². The van der Waals surface area contributed by atoms with Crippen LogP contribution < -0.4 is 15.8 Å². The molecule has 3 N–H and O–H groups in total. The van der Waals surface area contributed by atoms with Crippen molar-refractivity contribution in [3.63, 3.8) is 0 Å². The number of nitriles is 1. The molecule has 3 aromatic rings. The molecule has 2 amide bonds. The van der Waals surface area contributed by atoms with Crippen LogP contribution in [-0.4, -0.2) is 23.3 Å². The topological polar surface area (TPSA) is 118 Å². The number of amides is 2. The Labute approximate surface area is 174 Å². The van der Waals surface area contributed by atoms with Crippen LogP contribution in [-0.2, 0) is 13.0 Å². The summed E-state index contributed by atoms with van der Waals surface area (Å²) in [7, 11) is 0. The number of pyridine rings is 1. The first-order valence-corrected chi connectivity index (χ1v) is 9.30. The molecule has 2 aromatic carbocycles. The normalized spacial score (nSPS) is 10.1. The minimum atomic E-state index is -0.582. The molecule has 1 aromatic heterocycles. The smallest absolute Gasteiger partial charge is 0.267 e. The Morgan fingerprint density at radius 1 is 1.07 bits per heavy atom. The van der Waals surface area contributed by atoms with Crippen molar-refractivity contribution in [1.29, 1.82) is 5.26 Å². The van der Waals surface area contributed by atoms with E-state index in [2.05, 4.69) is 10.3 Å². The van der Waals surface area contributed by atoms with Crippen LogP contribution in [0.25, 0.3) is 0 Å². The van der Waals surface area contributed by atoms with E-state index in [1.165, 1.54) is 6.20 Å². The molecule has 0 aliphatic rings. The summed E-state index contributed by atoms with van der Waals surface area (Å²) in [5.74, 6) is -0.0832. The summed E-state index contributed by atoms with van der Waals surface area (Å²) in [6.45, 7) is 0.746. The van der Waals surface area contributed by atoms with E-state index < -0.39 is 5.91 Å². The molecule has 30 heavy (non-hydrogen) atoms. The zero-order valence-corrected chi connectivity index (χ0v) is 16.2. The molecular weight excluding hydrogens is 380 g/mol. The lowest BCUT2D eigenvalue weighted by molar-refractivity contribution is 0.0952. The van der Waals surface area contributed by atoms with E-state index in [-0.39, 0.29) is 18.2 Å². The van der Waals surface area contributed by atoms with Crippen LogP contribution in [0, 0.1) is 11.3 Å². The highest BCUT2D eigenvalue weighted by Crippen LogP contribution is 2.16. The molecule has 0 bridgehead atoms. The van der Waals surface area contributed by atoms with Gasteiger partial charge in [0.15, 0.2) is 0 Å². The van der Waals surface area contributed by atoms with Gasteiger partial charge in [-0.1, -0.05) is 12.1 Å². The molecule has 0 aliphatic carbocycles. The number of aromatic nitrogens is 1. The van der Waals surface area contributed by atoms with Crippen LogP contribution >= 0.6 is 0 Å². The van der Waals surface area contributed by atoms with E-state index in [0.29, 0.717) is 29.8 Å². The van der Waals surface area contributed by atoms with Gasteiger partial charge in [-0.05, 0) is 66.1 Å². The molecule has 3 rings (SSSR count). The van der Waals surface area contributed by atoms with Gasteiger partial charge in [0.05, 0.1) is 11.6 Å². The number of nitrogens with two attached hydrogens (primary N) is 1. The maximum atomic E-state index is 12.2. The van der Waals surface area contributed by atoms with E-state index >= 15 is 0 Å². The highest BCUT2D eigenvalue weighted by molar-refractivity contribution is 5.94. The van der Waals surface area contributed by atoms with Crippen molar-refractivity contribution in [2.45, 2.75) is 13.0 Å². The standard InChI is InChI=1S/C23H20N4O3/c24-14-17-4-6-19(7-5-17)23(29)27-11-8-16-2-1-3-20(12-16)30-15-18-9-10-26-21(13-18)22(25)28/h1-7,9-10,12-13H,8,11,15H2,(H2,25,28)(H,27,29). The number of carbonyl (C=O) groups is 2. The van der Waals surface area contributed by atoms with Gasteiger partial charge in [0.25, 0.3) is 11.8 Å². The Kier molecular flexibility index (Phi) is 6.74. The predicted molar refractivity (Wildman–Crippen MR) is 111 cm³/mol. The number of benzene rings is 2. The second-order valence-electron chi connectivity index (χ2n) is 6.54. The second-order valence-corrected chi connectivity index (χ2v) is 6.54. The average Bonchev–Trinajstić information content (AvgIpc) is 2.78. The summed E-state index contributed by atoms with van der Waals surface area (Å²) in [4.78, 5) is 27.3. The monoisotopic (exact) mass is 400 g/mol. The summed E-state index contributed by atoms with van der Waals surface area (Å²) >= 11 is 0. The molecule has 0 atom stereocenters. The Hall–Kier alpha value is -4.18. The number of nitrogens with zero attached hydrogens (tertiary/aromatic N) is 2. The summed E-state index contributed by atoms with van der Waals surface area (Å²) in [5, 5.41) is 11.7. The molecule has 7 nitrogen and oxygen atoms in total. The average molecular weight is 400 g/mol. The van der Waals surface area contributed by atoms with Crippen molar-refractivity contribution in [3.05, 3.63) is 94.8 Å². The summed E-state index contributed by atoms with van der Waals surface area (Å²) < 4.78 is 5.79. The van der Waals surface area contributed by atoms with Gasteiger partial charge in [-0.2, -0.15) is 5.26 Å². The number of ether oxygens (including phenoxy) is 1. The fraction of sp³-hybridized carbons (Fsp3) is 0.130. The first-order chi connectivity index (χ1) is 14.5. The van der Waals surface area contributed by atoms with Gasteiger partial charge in [0.2, 0.25) is 0 Å². The molecule has 0 unspecified atom stereocenters. The van der Waals surface area contributed by atoms with Crippen LogP contribution in [0.3, 0.4) is 0 Å². The molecule has 0 saturated carbocycles. The van der Waals surface area contributed by atoms with Crippen LogP contribution in [0.2, 0.25) is 0 Å². The van der Waals surface area contributed by atoms with Gasteiger partial charge < -0.3 is 15.8 Å². The number of rotatable bonds is 8. The number of carbonyl (C=O) groups excluding carboxylic acids is 2. The number of hydrogen-bond donors (Lipinski definition) is 2. The van der Waals surface area contributed by atoms with Gasteiger partial charge >= 0.3 is 0 Å². The van der Waals surface area contributed by atoms with Crippen molar-refractivity contribution in [1.82, 2.24) is 10.3 Å². The van der Waals surface area contributed by atoms with Crippen LogP contribution in [0.15, 0.2) is 66.9 Å². The first kappa shape index (κ1) is 20.6. The van der Waals surface area contributed by atoms with Gasteiger partial charge in [-0.3, -0.25) is 14.6 Å². The van der Waals surface area contributed by atoms with Crippen molar-refractivity contribution in [2.24, 2.45) is 5.73 Å². The van der Waals surface area contributed by atoms with Crippen molar-refractivity contribution in [2.75, 3.05) is 6.54 Å². The molecule has 150 valence electrons. The molecule has 1 heterocycles. The molecule has 0 radical (unpaired) electrons. The largest absolute Gasteiger partial charge is 0.489 e. The van der Waals surface area contributed by atoms with E-state index in [1.807, 2.05) is 30.3 Å². The fourth-order valence-corrected chi connectivity index (χ4v) is 2.77. The van der Waals surface area contributed by atoms with Crippen LogP contribution in [0.5, 0.6) is 5.75 Å². The quantitative estimate of drug-likeness (QED) is 0.602. The SMILES string of the molecule is N#Cc1ccc(C(=O)NCCc2cccc(OCc3ccnc(C(N)=O)c3)c2)cc1. The van der Waals surface area contributed by atoms with Gasteiger partial charge in [-0.25, -0.2) is 0 Å². The molecule has 0 spiro atoms.